The molecule has 0 spiro atoms. The molecule has 1 heterocycles. The van der Waals surface area contributed by atoms with E-state index in [0.717, 1.165) is 11.8 Å². The maximum Gasteiger partial charge on any atom is 0.338 e. The molecule has 0 aliphatic heterocycles. The second kappa shape index (κ2) is 5.89. The van der Waals surface area contributed by atoms with E-state index in [4.69, 9.17) is 9.52 Å². The molecule has 4 nitrogen and oxygen atoms in total. The molecule has 0 radical (unpaired) electrons. The van der Waals surface area contributed by atoms with Gasteiger partial charge in [-0.25, -0.2) is 14.2 Å². The average molecular weight is 309 g/mol. The Morgan fingerprint density at radius 2 is 2.14 bits per heavy atom. The zero-order valence-corrected chi connectivity index (χ0v) is 12.8. The molecule has 0 aliphatic rings. The van der Waals surface area contributed by atoms with Crippen LogP contribution in [0.3, 0.4) is 0 Å². The van der Waals surface area contributed by atoms with Gasteiger partial charge in [-0.15, -0.1) is 11.8 Å². The van der Waals surface area contributed by atoms with Crippen LogP contribution in [0.5, 0.6) is 0 Å². The number of carbonyl (C=O) groups is 1. The van der Waals surface area contributed by atoms with Crippen molar-refractivity contribution in [3.8, 4) is 0 Å². The molecule has 0 unspecified atom stereocenters. The predicted molar refractivity (Wildman–Crippen MR) is 78.1 cm³/mol. The third kappa shape index (κ3) is 3.85. The second-order valence-corrected chi connectivity index (χ2v) is 6.65. The molecule has 21 heavy (non-hydrogen) atoms. The Morgan fingerprint density at radius 1 is 1.43 bits per heavy atom. The van der Waals surface area contributed by atoms with Crippen molar-refractivity contribution in [1.82, 2.24) is 4.98 Å². The largest absolute Gasteiger partial charge is 0.478 e. The Kier molecular flexibility index (Phi) is 4.37. The number of carboxylic acid groups (broad SMARTS) is 1. The van der Waals surface area contributed by atoms with Crippen LogP contribution < -0.4 is 0 Å². The van der Waals surface area contributed by atoms with Crippen LogP contribution in [0.4, 0.5) is 4.39 Å². The fourth-order valence-electron chi connectivity index (χ4n) is 1.63. The van der Waals surface area contributed by atoms with Gasteiger partial charge in [-0.3, -0.25) is 0 Å². The van der Waals surface area contributed by atoms with Crippen LogP contribution in [-0.4, -0.2) is 16.1 Å². The molecule has 0 bridgehead atoms. The van der Waals surface area contributed by atoms with Crippen LogP contribution >= 0.6 is 11.8 Å². The minimum atomic E-state index is -1.28. The van der Waals surface area contributed by atoms with E-state index in [9.17, 15) is 9.18 Å². The Morgan fingerprint density at radius 3 is 2.71 bits per heavy atom. The summed E-state index contributed by atoms with van der Waals surface area (Å²) in [5, 5.41) is 8.89. The van der Waals surface area contributed by atoms with Gasteiger partial charge in [0.15, 0.2) is 0 Å². The third-order valence-electron chi connectivity index (χ3n) is 2.82. The Balaban J connectivity index is 2.08. The number of hydrogen-bond acceptors (Lipinski definition) is 4. The first-order chi connectivity index (χ1) is 9.77. The molecule has 1 aromatic heterocycles. The van der Waals surface area contributed by atoms with Crippen LogP contribution in [0.15, 0.2) is 33.7 Å². The summed E-state index contributed by atoms with van der Waals surface area (Å²) in [5.41, 5.74) is -0.440. The molecule has 6 heteroatoms. The highest BCUT2D eigenvalue weighted by Gasteiger charge is 2.19. The molecule has 112 valence electrons. The third-order valence-corrected chi connectivity index (χ3v) is 3.80. The number of nitrogens with zero attached hydrogens (tertiary/aromatic N) is 1. The number of carboxylic acids is 1. The Hall–Kier alpha value is -1.82. The van der Waals surface area contributed by atoms with Crippen molar-refractivity contribution >= 4 is 17.7 Å². The summed E-state index contributed by atoms with van der Waals surface area (Å²) < 4.78 is 18.9. The highest BCUT2D eigenvalue weighted by atomic mass is 32.2. The molecule has 0 aliphatic carbocycles. The Labute approximate surface area is 126 Å². The van der Waals surface area contributed by atoms with E-state index in [-0.39, 0.29) is 11.0 Å². The van der Waals surface area contributed by atoms with Crippen molar-refractivity contribution in [2.75, 3.05) is 0 Å². The van der Waals surface area contributed by atoms with E-state index < -0.39 is 11.8 Å². The fourth-order valence-corrected chi connectivity index (χ4v) is 2.42. The summed E-state index contributed by atoms with van der Waals surface area (Å²) in [5.74, 6) is -0.200. The van der Waals surface area contributed by atoms with E-state index in [1.54, 1.807) is 12.3 Å². The number of aromatic nitrogens is 1. The number of rotatable bonds is 4. The van der Waals surface area contributed by atoms with Gasteiger partial charge in [-0.2, -0.15) is 0 Å². The highest BCUT2D eigenvalue weighted by Crippen LogP contribution is 2.27. The highest BCUT2D eigenvalue weighted by molar-refractivity contribution is 7.98. The monoisotopic (exact) mass is 309 g/mol. The zero-order valence-electron chi connectivity index (χ0n) is 12.0. The number of oxazole rings is 1. The van der Waals surface area contributed by atoms with E-state index in [1.165, 1.54) is 17.8 Å². The number of hydrogen-bond donors (Lipinski definition) is 1. The standard InChI is InChI=1S/C15H16FNO3S/c1-15(2,3)12-7-17-13(20-12)8-21-9-4-5-11(16)10(6-9)14(18)19/h4-7H,8H2,1-3H3,(H,18,19). The minimum absolute atomic E-state index is 0.109. The van der Waals surface area contributed by atoms with Crippen LogP contribution in [0.25, 0.3) is 0 Å². The molecule has 0 saturated heterocycles. The van der Waals surface area contributed by atoms with Crippen molar-refractivity contribution in [2.45, 2.75) is 36.8 Å². The zero-order chi connectivity index (χ0) is 15.6. The molecule has 0 fully saturated rings. The predicted octanol–water partition coefficient (Wildman–Crippen LogP) is 4.10. The van der Waals surface area contributed by atoms with Gasteiger partial charge < -0.3 is 9.52 Å². The Bertz CT molecular complexity index is 661. The average Bonchev–Trinajstić information content (AvgIpc) is 2.86. The minimum Gasteiger partial charge on any atom is -0.478 e. The lowest BCUT2D eigenvalue weighted by atomic mass is 9.94. The van der Waals surface area contributed by atoms with Crippen LogP contribution in [0.2, 0.25) is 0 Å². The molecular formula is C15H16FNO3S. The first-order valence-electron chi connectivity index (χ1n) is 6.38. The summed E-state index contributed by atoms with van der Waals surface area (Å²) in [7, 11) is 0. The van der Waals surface area contributed by atoms with E-state index in [1.807, 2.05) is 20.8 Å². The fraction of sp³-hybridized carbons (Fsp3) is 0.333. The lowest BCUT2D eigenvalue weighted by Crippen LogP contribution is -2.09. The van der Waals surface area contributed by atoms with Crippen LogP contribution in [0.1, 0.15) is 42.8 Å². The maximum absolute atomic E-state index is 13.3. The molecular weight excluding hydrogens is 293 g/mol. The molecule has 0 atom stereocenters. The quantitative estimate of drug-likeness (QED) is 0.861. The van der Waals surface area contributed by atoms with Crippen molar-refractivity contribution in [2.24, 2.45) is 0 Å². The number of thioether (sulfide) groups is 1. The number of halogens is 1. The molecule has 0 saturated carbocycles. The molecule has 1 N–H and O–H groups in total. The number of aromatic carboxylic acids is 1. The lowest BCUT2D eigenvalue weighted by molar-refractivity contribution is 0.0691. The summed E-state index contributed by atoms with van der Waals surface area (Å²) in [6, 6.07) is 4.01. The van der Waals surface area contributed by atoms with Crippen LogP contribution in [-0.2, 0) is 11.2 Å². The topological polar surface area (TPSA) is 63.3 Å². The van der Waals surface area contributed by atoms with Gasteiger partial charge in [0.25, 0.3) is 0 Å². The van der Waals surface area contributed by atoms with Gasteiger partial charge in [0.1, 0.15) is 11.6 Å². The van der Waals surface area contributed by atoms with Gasteiger partial charge in [0, 0.05) is 10.3 Å². The van der Waals surface area contributed by atoms with Crippen LogP contribution in [0, 0.1) is 5.82 Å². The van der Waals surface area contributed by atoms with Gasteiger partial charge in [-0.1, -0.05) is 20.8 Å². The van der Waals surface area contributed by atoms with Crippen molar-refractivity contribution in [1.29, 1.82) is 0 Å². The van der Waals surface area contributed by atoms with E-state index in [2.05, 4.69) is 4.98 Å². The van der Waals surface area contributed by atoms with Crippen molar-refractivity contribution < 1.29 is 18.7 Å². The number of benzene rings is 1. The van der Waals surface area contributed by atoms with Crippen molar-refractivity contribution in [3.05, 3.63) is 47.4 Å². The summed E-state index contributed by atoms with van der Waals surface area (Å²) in [6.45, 7) is 6.09. The maximum atomic E-state index is 13.3. The van der Waals surface area contributed by atoms with Gasteiger partial charge >= 0.3 is 5.97 Å². The second-order valence-electron chi connectivity index (χ2n) is 5.60. The molecule has 2 aromatic rings. The smallest absolute Gasteiger partial charge is 0.338 e. The van der Waals surface area contributed by atoms with E-state index >= 15 is 0 Å². The molecule has 1 aromatic carbocycles. The summed E-state index contributed by atoms with van der Waals surface area (Å²) in [6.07, 6.45) is 1.70. The molecule has 0 amide bonds. The van der Waals surface area contributed by atoms with Gasteiger partial charge in [-0.05, 0) is 18.2 Å². The van der Waals surface area contributed by atoms with Gasteiger partial charge in [0.05, 0.1) is 17.5 Å². The first-order valence-corrected chi connectivity index (χ1v) is 7.37. The first kappa shape index (κ1) is 15.6. The van der Waals surface area contributed by atoms with Gasteiger partial charge in [0.2, 0.25) is 5.89 Å². The summed E-state index contributed by atoms with van der Waals surface area (Å²) >= 11 is 1.35. The summed E-state index contributed by atoms with van der Waals surface area (Å²) in [4.78, 5) is 15.7. The molecule has 2 rings (SSSR count). The van der Waals surface area contributed by atoms with E-state index in [0.29, 0.717) is 16.5 Å². The lowest BCUT2D eigenvalue weighted by Gasteiger charge is -2.13. The SMILES string of the molecule is CC(C)(C)c1cnc(CSc2ccc(F)c(C(=O)O)c2)o1. The van der Waals surface area contributed by atoms with Crippen molar-refractivity contribution in [3.63, 3.8) is 0 Å². The normalized spacial score (nSPS) is 11.6.